The third-order valence-corrected chi connectivity index (χ3v) is 6.50. The number of ether oxygens (including phenoxy) is 3. The third kappa shape index (κ3) is 4.88. The van der Waals surface area contributed by atoms with Crippen LogP contribution < -0.4 is 19.0 Å². The van der Waals surface area contributed by atoms with Gasteiger partial charge in [-0.2, -0.15) is 5.10 Å². The molecule has 1 aliphatic carbocycles. The Bertz CT molecular complexity index is 1130. The van der Waals surface area contributed by atoms with E-state index in [9.17, 15) is 0 Å². The molecule has 168 valence electrons. The number of thiazole rings is 1. The molecule has 1 aliphatic rings. The van der Waals surface area contributed by atoms with Crippen molar-refractivity contribution >= 4 is 17.6 Å². The molecule has 0 aliphatic heterocycles. The van der Waals surface area contributed by atoms with Gasteiger partial charge in [-0.15, -0.1) is 11.3 Å². The Hall–Kier alpha value is -3.06. The largest absolute Gasteiger partial charge is 0.496 e. The maximum Gasteiger partial charge on any atom is 0.206 e. The first-order valence-electron chi connectivity index (χ1n) is 10.9. The highest BCUT2D eigenvalue weighted by molar-refractivity contribution is 7.07. The van der Waals surface area contributed by atoms with E-state index in [1.54, 1.807) is 38.9 Å². The van der Waals surface area contributed by atoms with Crippen LogP contribution >= 0.6 is 11.3 Å². The van der Waals surface area contributed by atoms with Crippen LogP contribution in [0.15, 0.2) is 57.9 Å². The van der Waals surface area contributed by atoms with Crippen molar-refractivity contribution in [1.29, 1.82) is 0 Å². The Balaban J connectivity index is 1.79. The number of hydrogen-bond acceptors (Lipinski definition) is 6. The minimum Gasteiger partial charge on any atom is -0.496 e. The summed E-state index contributed by atoms with van der Waals surface area (Å²) in [4.78, 5) is 5.98. The number of benzene rings is 2. The molecule has 0 N–H and O–H groups in total. The van der Waals surface area contributed by atoms with Gasteiger partial charge in [0.2, 0.25) is 4.80 Å². The van der Waals surface area contributed by atoms with Gasteiger partial charge in [-0.3, -0.25) is 4.99 Å². The molecule has 0 bridgehead atoms. The Kier molecular flexibility index (Phi) is 7.27. The summed E-state index contributed by atoms with van der Waals surface area (Å²) in [7, 11) is 4.86. The predicted octanol–water partition coefficient (Wildman–Crippen LogP) is 5.36. The molecular formula is C25H29N3O3S. The fraction of sp³-hybridized carbons (Fsp3) is 0.360. The lowest BCUT2D eigenvalue weighted by Gasteiger charge is -2.16. The maximum absolute atomic E-state index is 5.57. The molecular weight excluding hydrogens is 422 g/mol. The van der Waals surface area contributed by atoms with Crippen LogP contribution in [-0.2, 0) is 0 Å². The van der Waals surface area contributed by atoms with Crippen LogP contribution in [0.2, 0.25) is 0 Å². The Labute approximate surface area is 192 Å². The van der Waals surface area contributed by atoms with E-state index in [4.69, 9.17) is 24.3 Å². The van der Waals surface area contributed by atoms with Gasteiger partial charge in [-0.25, -0.2) is 4.68 Å². The van der Waals surface area contributed by atoms with E-state index in [1.807, 2.05) is 35.0 Å². The molecule has 1 fully saturated rings. The molecule has 32 heavy (non-hydrogen) atoms. The van der Waals surface area contributed by atoms with Crippen LogP contribution in [0.5, 0.6) is 17.2 Å². The quantitative estimate of drug-likeness (QED) is 0.455. The second kappa shape index (κ2) is 10.5. The maximum atomic E-state index is 5.57. The van der Waals surface area contributed by atoms with Crippen molar-refractivity contribution in [2.24, 2.45) is 10.1 Å². The van der Waals surface area contributed by atoms with Crippen LogP contribution in [0.25, 0.3) is 11.3 Å². The lowest BCUT2D eigenvalue weighted by molar-refractivity contribution is 0.349. The van der Waals surface area contributed by atoms with Crippen molar-refractivity contribution < 1.29 is 14.2 Å². The van der Waals surface area contributed by atoms with E-state index < -0.39 is 0 Å². The zero-order chi connectivity index (χ0) is 22.3. The highest BCUT2D eigenvalue weighted by Crippen LogP contribution is 2.34. The van der Waals surface area contributed by atoms with E-state index in [2.05, 4.69) is 17.5 Å². The van der Waals surface area contributed by atoms with Crippen LogP contribution in [0, 0.1) is 0 Å². The second-order valence-corrected chi connectivity index (χ2v) is 8.53. The van der Waals surface area contributed by atoms with E-state index in [0.717, 1.165) is 34.5 Å². The lowest BCUT2D eigenvalue weighted by Crippen LogP contribution is -2.19. The average molecular weight is 452 g/mol. The van der Waals surface area contributed by atoms with E-state index in [0.29, 0.717) is 23.3 Å². The molecule has 0 unspecified atom stereocenters. The average Bonchev–Trinajstić information content (AvgIpc) is 3.25. The smallest absolute Gasteiger partial charge is 0.206 e. The Morgan fingerprint density at radius 2 is 1.59 bits per heavy atom. The summed E-state index contributed by atoms with van der Waals surface area (Å²) in [6.07, 6.45) is 7.88. The number of rotatable bonds is 7. The first-order chi connectivity index (χ1) is 15.7. The Morgan fingerprint density at radius 1 is 0.906 bits per heavy atom. The molecule has 0 saturated heterocycles. The molecule has 1 heterocycles. The predicted molar refractivity (Wildman–Crippen MR) is 129 cm³/mol. The van der Waals surface area contributed by atoms with E-state index >= 15 is 0 Å². The van der Waals surface area contributed by atoms with Gasteiger partial charge in [0, 0.05) is 22.6 Å². The number of aromatic nitrogens is 1. The second-order valence-electron chi connectivity index (χ2n) is 7.70. The SMILES string of the molecule is COc1cc(OC)c(OC)cc1C=Nn1c(-c2ccccc2)csc1=NC1CCCCC1. The molecule has 7 heteroatoms. The summed E-state index contributed by atoms with van der Waals surface area (Å²) < 4.78 is 18.4. The van der Waals surface area contributed by atoms with Crippen molar-refractivity contribution in [1.82, 2.24) is 4.68 Å². The fourth-order valence-corrected chi connectivity index (χ4v) is 4.86. The summed E-state index contributed by atoms with van der Waals surface area (Å²) in [6, 6.07) is 14.3. The van der Waals surface area contributed by atoms with Gasteiger partial charge in [0.15, 0.2) is 11.5 Å². The minimum atomic E-state index is 0.364. The number of hydrogen-bond donors (Lipinski definition) is 0. The summed E-state index contributed by atoms with van der Waals surface area (Å²) in [5, 5.41) is 6.97. The fourth-order valence-electron chi connectivity index (χ4n) is 3.95. The third-order valence-electron chi connectivity index (χ3n) is 5.67. The van der Waals surface area contributed by atoms with Gasteiger partial charge in [0.1, 0.15) is 5.75 Å². The van der Waals surface area contributed by atoms with Crippen LogP contribution in [0.1, 0.15) is 37.7 Å². The van der Waals surface area contributed by atoms with Crippen LogP contribution in [-0.4, -0.2) is 38.3 Å². The van der Waals surface area contributed by atoms with Gasteiger partial charge in [-0.1, -0.05) is 49.6 Å². The number of nitrogens with zero attached hydrogens (tertiary/aromatic N) is 3. The lowest BCUT2D eigenvalue weighted by atomic mass is 9.96. The first-order valence-corrected chi connectivity index (χ1v) is 11.8. The molecule has 2 aromatic carbocycles. The van der Waals surface area contributed by atoms with Gasteiger partial charge < -0.3 is 14.2 Å². The van der Waals surface area contributed by atoms with Crippen LogP contribution in [0.4, 0.5) is 0 Å². The molecule has 4 rings (SSSR count). The normalized spacial score (nSPS) is 15.3. The van der Waals surface area contributed by atoms with Gasteiger partial charge in [0.25, 0.3) is 0 Å². The van der Waals surface area contributed by atoms with Crippen molar-refractivity contribution in [2.45, 2.75) is 38.1 Å². The van der Waals surface area contributed by atoms with E-state index in [-0.39, 0.29) is 0 Å². The number of methoxy groups -OCH3 is 3. The van der Waals surface area contributed by atoms with Crippen molar-refractivity contribution in [3.63, 3.8) is 0 Å². The molecule has 1 saturated carbocycles. The van der Waals surface area contributed by atoms with Gasteiger partial charge in [-0.05, 0) is 18.9 Å². The van der Waals surface area contributed by atoms with Crippen molar-refractivity contribution in [3.05, 3.63) is 58.2 Å². The summed E-state index contributed by atoms with van der Waals surface area (Å²) in [5.74, 6) is 1.90. The molecule has 6 nitrogen and oxygen atoms in total. The summed E-state index contributed by atoms with van der Waals surface area (Å²) in [6.45, 7) is 0. The molecule has 0 spiro atoms. The van der Waals surface area contributed by atoms with Crippen LogP contribution in [0.3, 0.4) is 0 Å². The summed E-state index contributed by atoms with van der Waals surface area (Å²) >= 11 is 1.63. The zero-order valence-electron chi connectivity index (χ0n) is 18.8. The van der Waals surface area contributed by atoms with Crippen molar-refractivity contribution in [3.8, 4) is 28.5 Å². The zero-order valence-corrected chi connectivity index (χ0v) is 19.6. The topological polar surface area (TPSA) is 57.3 Å². The minimum absolute atomic E-state index is 0.364. The molecule has 0 amide bonds. The first kappa shape index (κ1) is 22.1. The summed E-state index contributed by atoms with van der Waals surface area (Å²) in [5.41, 5.74) is 2.91. The monoisotopic (exact) mass is 451 g/mol. The Morgan fingerprint density at radius 3 is 2.28 bits per heavy atom. The molecule has 0 atom stereocenters. The van der Waals surface area contributed by atoms with Crippen molar-refractivity contribution in [2.75, 3.05) is 21.3 Å². The molecule has 1 aromatic heterocycles. The molecule has 0 radical (unpaired) electrons. The van der Waals surface area contributed by atoms with Gasteiger partial charge >= 0.3 is 0 Å². The van der Waals surface area contributed by atoms with E-state index in [1.165, 1.54) is 19.3 Å². The highest BCUT2D eigenvalue weighted by atomic mass is 32.1. The molecule has 3 aromatic rings. The standard InChI is InChI=1S/C25H29N3O3S/c1-29-22-15-24(31-3)23(30-2)14-19(22)16-26-28-21(18-10-6-4-7-11-18)17-32-25(28)27-20-12-8-5-9-13-20/h4,6-7,10-11,14-17,20H,5,8-9,12-13H2,1-3H3. The highest BCUT2D eigenvalue weighted by Gasteiger charge is 2.15. The van der Waals surface area contributed by atoms with Gasteiger partial charge in [0.05, 0.1) is 39.3 Å².